The minimum atomic E-state index is -3.72. The standard InChI is InChI=1S/C19H20ClF2NO5/c1-27-6-7-28-9-13-12(4-5-14(23-13)19(20,21)22)18(26)15-16(24)10-2-3-11(8-10)17(15)25/h4-5,10-11,15H,2-3,6-9H2,1H3. The van der Waals surface area contributed by atoms with Crippen LogP contribution in [-0.4, -0.2) is 42.7 Å². The van der Waals surface area contributed by atoms with Crippen molar-refractivity contribution in [3.8, 4) is 0 Å². The minimum absolute atomic E-state index is 0.0740. The van der Waals surface area contributed by atoms with Gasteiger partial charge in [-0.25, -0.2) is 4.98 Å². The highest BCUT2D eigenvalue weighted by molar-refractivity contribution is 6.26. The van der Waals surface area contributed by atoms with Crippen molar-refractivity contribution in [3.05, 3.63) is 29.1 Å². The molecule has 0 saturated heterocycles. The zero-order valence-electron chi connectivity index (χ0n) is 15.3. The number of hydrogen-bond donors (Lipinski definition) is 0. The Balaban J connectivity index is 1.91. The van der Waals surface area contributed by atoms with Crippen molar-refractivity contribution in [3.63, 3.8) is 0 Å². The number of carbonyl (C=O) groups is 3. The van der Waals surface area contributed by atoms with Crippen LogP contribution >= 0.6 is 11.6 Å². The van der Waals surface area contributed by atoms with Crippen LogP contribution in [0.1, 0.15) is 41.0 Å². The Labute approximate surface area is 165 Å². The van der Waals surface area contributed by atoms with Crippen molar-refractivity contribution in [1.29, 1.82) is 0 Å². The molecule has 2 aliphatic carbocycles. The average molecular weight is 416 g/mol. The predicted octanol–water partition coefficient (Wildman–Crippen LogP) is 2.90. The summed E-state index contributed by atoms with van der Waals surface area (Å²) in [6.07, 6.45) is 1.69. The molecule has 28 heavy (non-hydrogen) atoms. The second-order valence-corrected chi connectivity index (χ2v) is 7.52. The van der Waals surface area contributed by atoms with Crippen LogP contribution in [0.3, 0.4) is 0 Å². The molecule has 0 spiro atoms. The molecule has 1 heterocycles. The molecular formula is C19H20ClF2NO5. The van der Waals surface area contributed by atoms with Crippen molar-refractivity contribution < 1.29 is 32.6 Å². The van der Waals surface area contributed by atoms with Crippen LogP contribution < -0.4 is 0 Å². The fourth-order valence-corrected chi connectivity index (χ4v) is 3.93. The van der Waals surface area contributed by atoms with Gasteiger partial charge in [0, 0.05) is 24.5 Å². The molecule has 1 aromatic rings. The SMILES string of the molecule is COCCOCc1nc(C(F)(F)Cl)ccc1C(=O)C1C(=O)C2CCC(C2)C1=O. The summed E-state index contributed by atoms with van der Waals surface area (Å²) in [7, 11) is 1.47. The van der Waals surface area contributed by atoms with E-state index in [1.54, 1.807) is 0 Å². The monoisotopic (exact) mass is 415 g/mol. The van der Waals surface area contributed by atoms with E-state index in [1.165, 1.54) is 7.11 Å². The van der Waals surface area contributed by atoms with Gasteiger partial charge in [-0.05, 0) is 43.0 Å². The molecule has 0 aromatic carbocycles. The molecule has 6 nitrogen and oxygen atoms in total. The van der Waals surface area contributed by atoms with E-state index in [2.05, 4.69) is 4.98 Å². The Morgan fingerprint density at radius 2 is 1.86 bits per heavy atom. The number of fused-ring (bicyclic) bond motifs is 2. The van der Waals surface area contributed by atoms with Gasteiger partial charge in [-0.3, -0.25) is 14.4 Å². The lowest BCUT2D eigenvalue weighted by molar-refractivity contribution is -0.137. The van der Waals surface area contributed by atoms with Crippen LogP contribution in [0.5, 0.6) is 0 Å². The summed E-state index contributed by atoms with van der Waals surface area (Å²) in [6, 6.07) is 2.05. The number of ether oxygens (including phenoxy) is 2. The Morgan fingerprint density at radius 1 is 1.21 bits per heavy atom. The van der Waals surface area contributed by atoms with Gasteiger partial charge in [0.25, 0.3) is 0 Å². The van der Waals surface area contributed by atoms with E-state index in [-0.39, 0.29) is 54.5 Å². The normalized spacial score (nSPS) is 24.6. The summed E-state index contributed by atoms with van der Waals surface area (Å²) in [6.45, 7) is 0.156. The van der Waals surface area contributed by atoms with E-state index >= 15 is 0 Å². The van der Waals surface area contributed by atoms with Gasteiger partial charge in [-0.2, -0.15) is 8.78 Å². The fourth-order valence-electron chi connectivity index (χ4n) is 3.83. The van der Waals surface area contributed by atoms with Gasteiger partial charge in [-0.15, -0.1) is 0 Å². The van der Waals surface area contributed by atoms with E-state index in [9.17, 15) is 23.2 Å². The van der Waals surface area contributed by atoms with E-state index in [0.717, 1.165) is 12.1 Å². The lowest BCUT2D eigenvalue weighted by atomic mass is 9.75. The average Bonchev–Trinajstić information content (AvgIpc) is 3.10. The highest BCUT2D eigenvalue weighted by atomic mass is 35.5. The number of rotatable bonds is 8. The van der Waals surface area contributed by atoms with Gasteiger partial charge in [0.1, 0.15) is 11.6 Å². The van der Waals surface area contributed by atoms with Gasteiger partial charge >= 0.3 is 5.38 Å². The molecule has 152 valence electrons. The van der Waals surface area contributed by atoms with E-state index in [4.69, 9.17) is 21.1 Å². The molecule has 2 saturated carbocycles. The molecule has 2 fully saturated rings. The van der Waals surface area contributed by atoms with Gasteiger partial charge in [0.05, 0.1) is 25.5 Å². The van der Waals surface area contributed by atoms with E-state index in [0.29, 0.717) is 19.3 Å². The minimum Gasteiger partial charge on any atom is -0.382 e. The van der Waals surface area contributed by atoms with Gasteiger partial charge in [-0.1, -0.05) is 0 Å². The first-order valence-electron chi connectivity index (χ1n) is 8.99. The molecule has 3 rings (SSSR count). The first kappa shape index (κ1) is 21.0. The zero-order chi connectivity index (χ0) is 20.5. The van der Waals surface area contributed by atoms with E-state index < -0.39 is 22.8 Å². The van der Waals surface area contributed by atoms with Crippen LogP contribution in [0.4, 0.5) is 8.78 Å². The van der Waals surface area contributed by atoms with Crippen LogP contribution in [0.15, 0.2) is 12.1 Å². The first-order valence-corrected chi connectivity index (χ1v) is 9.37. The topological polar surface area (TPSA) is 82.6 Å². The van der Waals surface area contributed by atoms with E-state index in [1.807, 2.05) is 0 Å². The fraction of sp³-hybridized carbons (Fsp3) is 0.579. The molecular weight excluding hydrogens is 396 g/mol. The maximum atomic E-state index is 13.4. The quantitative estimate of drug-likeness (QED) is 0.281. The molecule has 2 bridgehead atoms. The van der Waals surface area contributed by atoms with Gasteiger partial charge in [0.2, 0.25) is 0 Å². The Kier molecular flexibility index (Phi) is 6.21. The van der Waals surface area contributed by atoms with Crippen molar-refractivity contribution in [2.24, 2.45) is 17.8 Å². The summed E-state index contributed by atoms with van der Waals surface area (Å²) in [5.41, 5.74) is -0.898. The predicted molar refractivity (Wildman–Crippen MR) is 94.2 cm³/mol. The number of methoxy groups -OCH3 is 1. The molecule has 2 atom stereocenters. The first-order chi connectivity index (χ1) is 13.2. The molecule has 0 aliphatic heterocycles. The third-order valence-corrected chi connectivity index (χ3v) is 5.46. The third-order valence-electron chi connectivity index (χ3n) is 5.27. The van der Waals surface area contributed by atoms with Crippen molar-refractivity contribution in [1.82, 2.24) is 4.98 Å². The van der Waals surface area contributed by atoms with Crippen LogP contribution in [0.25, 0.3) is 0 Å². The maximum Gasteiger partial charge on any atom is 0.364 e. The number of halogens is 3. The largest absolute Gasteiger partial charge is 0.382 e. The van der Waals surface area contributed by atoms with Crippen LogP contribution in [-0.2, 0) is 31.1 Å². The third kappa shape index (κ3) is 4.14. The molecule has 2 aliphatic rings. The highest BCUT2D eigenvalue weighted by Gasteiger charge is 2.50. The smallest absolute Gasteiger partial charge is 0.364 e. The van der Waals surface area contributed by atoms with Crippen molar-refractivity contribution >= 4 is 29.0 Å². The Morgan fingerprint density at radius 3 is 2.43 bits per heavy atom. The van der Waals surface area contributed by atoms with Gasteiger partial charge < -0.3 is 9.47 Å². The number of carbonyl (C=O) groups excluding carboxylic acids is 3. The number of aromatic nitrogens is 1. The van der Waals surface area contributed by atoms with Crippen LogP contribution in [0.2, 0.25) is 0 Å². The van der Waals surface area contributed by atoms with Crippen molar-refractivity contribution in [2.75, 3.05) is 20.3 Å². The Bertz CT molecular complexity index is 773. The Hall–Kier alpha value is -1.77. The summed E-state index contributed by atoms with van der Waals surface area (Å²) >= 11 is 5.04. The molecule has 0 radical (unpaired) electrons. The molecule has 2 unspecified atom stereocenters. The second-order valence-electron chi connectivity index (χ2n) is 7.04. The number of ketones is 3. The highest BCUT2D eigenvalue weighted by Crippen LogP contribution is 2.41. The summed E-state index contributed by atoms with van der Waals surface area (Å²) in [5.74, 6) is -3.47. The number of pyridine rings is 1. The molecule has 9 heteroatoms. The van der Waals surface area contributed by atoms with Gasteiger partial charge in [0.15, 0.2) is 17.3 Å². The maximum absolute atomic E-state index is 13.4. The second kappa shape index (κ2) is 8.31. The zero-order valence-corrected chi connectivity index (χ0v) is 16.0. The number of Topliss-reactive ketones (excluding diaryl/α,β-unsaturated/α-hetero) is 3. The summed E-state index contributed by atoms with van der Waals surface area (Å²) < 4.78 is 37.1. The summed E-state index contributed by atoms with van der Waals surface area (Å²) in [5, 5.41) is -3.72. The molecule has 1 aromatic heterocycles. The number of nitrogens with zero attached hydrogens (tertiary/aromatic N) is 1. The molecule has 0 N–H and O–H groups in total. The lowest BCUT2D eigenvalue weighted by Crippen LogP contribution is -2.42. The van der Waals surface area contributed by atoms with Crippen LogP contribution in [0, 0.1) is 17.8 Å². The number of alkyl halides is 3. The van der Waals surface area contributed by atoms with Crippen molar-refractivity contribution in [2.45, 2.75) is 31.3 Å². The summed E-state index contributed by atoms with van der Waals surface area (Å²) in [4.78, 5) is 42.0. The molecule has 0 amide bonds. The number of hydrogen-bond acceptors (Lipinski definition) is 6. The lowest BCUT2D eigenvalue weighted by Gasteiger charge is -2.25.